The molecule has 0 saturated heterocycles. The van der Waals surface area contributed by atoms with Crippen LogP contribution in [0.4, 0.5) is 0 Å². The Balaban J connectivity index is 1.41. The molecule has 3 N–H and O–H groups in total. The van der Waals surface area contributed by atoms with Gasteiger partial charge in [-0.3, -0.25) is 0 Å². The maximum absolute atomic E-state index is 10.2. The summed E-state index contributed by atoms with van der Waals surface area (Å²) in [6.45, 7) is 4.71. The predicted octanol–water partition coefficient (Wildman–Crippen LogP) is 6.46. The van der Waals surface area contributed by atoms with Crippen molar-refractivity contribution in [2.75, 3.05) is 21.3 Å². The zero-order valence-corrected chi connectivity index (χ0v) is 24.5. The van der Waals surface area contributed by atoms with E-state index >= 15 is 0 Å². The smallest absolute Gasteiger partial charge is 0.166 e. The van der Waals surface area contributed by atoms with Gasteiger partial charge in [0, 0.05) is 11.1 Å². The number of hydrogen-bond acceptors (Lipinski definition) is 6. The Morgan fingerprint density at radius 2 is 1.13 bits per heavy atom. The van der Waals surface area contributed by atoms with Crippen molar-refractivity contribution in [3.05, 3.63) is 52.1 Å². The maximum Gasteiger partial charge on any atom is 0.166 e. The Bertz CT molecular complexity index is 1010. The largest absolute Gasteiger partial charge is 0.496 e. The highest BCUT2D eigenvalue weighted by atomic mass is 16.5. The fourth-order valence-electron chi connectivity index (χ4n) is 7.75. The van der Waals surface area contributed by atoms with Crippen molar-refractivity contribution in [1.82, 2.24) is 0 Å². The van der Waals surface area contributed by atoms with Crippen molar-refractivity contribution in [2.24, 2.45) is 17.3 Å². The molecule has 0 aliphatic heterocycles. The summed E-state index contributed by atoms with van der Waals surface area (Å²) in [5.74, 6) is 4.31. The van der Waals surface area contributed by atoms with Crippen LogP contribution in [0.1, 0.15) is 105 Å². The summed E-state index contributed by atoms with van der Waals surface area (Å²) in [6.07, 6.45) is 9.29. The summed E-state index contributed by atoms with van der Waals surface area (Å²) in [5.41, 5.74) is 4.97. The minimum Gasteiger partial charge on any atom is -0.496 e. The van der Waals surface area contributed by atoms with E-state index in [-0.39, 0.29) is 25.2 Å². The number of aliphatic hydroxyl groups excluding tert-OH is 3. The van der Waals surface area contributed by atoms with E-state index in [2.05, 4.69) is 26.0 Å². The standard InChI is InChI=1S/C33H48O6/c1-33(2,24-11-6-21(7-12-24)26-16-17-30(37-3)32(39-5)29(26)20-36)25-13-8-22(9-14-25)27-15-10-23(18-34)28(19-35)31(27)38-4/h10,15-17,21-22,24-25,34-36H,6-9,11-14,18-20H2,1-5H3. The van der Waals surface area contributed by atoms with Gasteiger partial charge < -0.3 is 29.5 Å². The highest BCUT2D eigenvalue weighted by molar-refractivity contribution is 5.52. The molecule has 6 nitrogen and oxygen atoms in total. The molecule has 2 aliphatic carbocycles. The van der Waals surface area contributed by atoms with Crippen LogP contribution in [0.2, 0.25) is 0 Å². The van der Waals surface area contributed by atoms with E-state index in [1.807, 2.05) is 12.1 Å². The van der Waals surface area contributed by atoms with Gasteiger partial charge in [-0.25, -0.2) is 0 Å². The van der Waals surface area contributed by atoms with Crippen LogP contribution >= 0.6 is 0 Å². The lowest BCUT2D eigenvalue weighted by molar-refractivity contribution is 0.0510. The second-order valence-corrected chi connectivity index (χ2v) is 12.1. The predicted molar refractivity (Wildman–Crippen MR) is 153 cm³/mol. The monoisotopic (exact) mass is 540 g/mol. The molecular formula is C33H48O6. The molecular weight excluding hydrogens is 492 g/mol. The molecule has 0 spiro atoms. The van der Waals surface area contributed by atoms with Gasteiger partial charge in [0.1, 0.15) is 5.75 Å². The van der Waals surface area contributed by atoms with Crippen LogP contribution in [0.3, 0.4) is 0 Å². The van der Waals surface area contributed by atoms with E-state index in [1.54, 1.807) is 21.3 Å². The minimum atomic E-state index is -0.124. The van der Waals surface area contributed by atoms with Crippen LogP contribution in [-0.4, -0.2) is 36.6 Å². The molecule has 39 heavy (non-hydrogen) atoms. The maximum atomic E-state index is 10.2. The number of benzene rings is 2. The number of rotatable bonds is 10. The van der Waals surface area contributed by atoms with Crippen LogP contribution in [0.25, 0.3) is 0 Å². The lowest BCUT2D eigenvalue weighted by Crippen LogP contribution is -2.36. The van der Waals surface area contributed by atoms with E-state index in [0.29, 0.717) is 35.2 Å². The minimum absolute atomic E-state index is 0.0440. The highest BCUT2D eigenvalue weighted by Gasteiger charge is 2.41. The third-order valence-corrected chi connectivity index (χ3v) is 10.2. The molecule has 0 radical (unpaired) electrons. The van der Waals surface area contributed by atoms with Crippen LogP contribution in [-0.2, 0) is 19.8 Å². The number of aliphatic hydroxyl groups is 3. The van der Waals surface area contributed by atoms with Gasteiger partial charge in [-0.2, -0.15) is 0 Å². The first-order chi connectivity index (χ1) is 18.8. The van der Waals surface area contributed by atoms with Gasteiger partial charge in [0.15, 0.2) is 11.5 Å². The molecule has 4 rings (SSSR count). The summed E-state index contributed by atoms with van der Waals surface area (Å²) in [7, 11) is 4.94. The molecule has 2 saturated carbocycles. The topological polar surface area (TPSA) is 88.4 Å². The number of methoxy groups -OCH3 is 3. The van der Waals surface area contributed by atoms with Gasteiger partial charge in [-0.1, -0.05) is 32.0 Å². The summed E-state index contributed by atoms with van der Waals surface area (Å²) in [6, 6.07) is 8.12. The molecule has 0 unspecified atom stereocenters. The van der Waals surface area contributed by atoms with Gasteiger partial charge in [0.05, 0.1) is 41.2 Å². The van der Waals surface area contributed by atoms with E-state index < -0.39 is 0 Å². The second kappa shape index (κ2) is 12.9. The molecule has 6 heteroatoms. The molecule has 0 bridgehead atoms. The fraction of sp³-hybridized carbons (Fsp3) is 0.636. The normalized spacial score (nSPS) is 23.9. The first-order valence-electron chi connectivity index (χ1n) is 14.6. The van der Waals surface area contributed by atoms with E-state index in [9.17, 15) is 15.3 Å². The molecule has 2 fully saturated rings. The highest BCUT2D eigenvalue weighted by Crippen LogP contribution is 2.53. The van der Waals surface area contributed by atoms with E-state index in [4.69, 9.17) is 14.2 Å². The zero-order chi connectivity index (χ0) is 28.2. The van der Waals surface area contributed by atoms with Crippen molar-refractivity contribution in [3.8, 4) is 17.2 Å². The first-order valence-corrected chi connectivity index (χ1v) is 14.6. The first kappa shape index (κ1) is 29.7. The third kappa shape index (κ3) is 5.79. The van der Waals surface area contributed by atoms with E-state index in [1.165, 1.54) is 36.8 Å². The van der Waals surface area contributed by atoms with Crippen LogP contribution in [0, 0.1) is 17.3 Å². The van der Waals surface area contributed by atoms with Crippen molar-refractivity contribution in [1.29, 1.82) is 0 Å². The molecule has 0 aromatic heterocycles. The Hall–Kier alpha value is -2.28. The van der Waals surface area contributed by atoms with Gasteiger partial charge in [0.2, 0.25) is 0 Å². The fourth-order valence-corrected chi connectivity index (χ4v) is 7.75. The molecule has 0 heterocycles. The van der Waals surface area contributed by atoms with Crippen LogP contribution < -0.4 is 14.2 Å². The third-order valence-electron chi connectivity index (χ3n) is 10.2. The molecule has 2 aliphatic rings. The molecule has 0 amide bonds. The average Bonchev–Trinajstić information content (AvgIpc) is 2.99. The number of hydrogen-bond donors (Lipinski definition) is 3. The van der Waals surface area contributed by atoms with Crippen molar-refractivity contribution in [2.45, 2.75) is 96.9 Å². The van der Waals surface area contributed by atoms with Crippen LogP contribution in [0.15, 0.2) is 24.3 Å². The molecule has 0 atom stereocenters. The summed E-state index contributed by atoms with van der Waals surface area (Å²) in [5, 5.41) is 29.8. The summed E-state index contributed by atoms with van der Waals surface area (Å²) >= 11 is 0. The zero-order valence-electron chi connectivity index (χ0n) is 24.5. The van der Waals surface area contributed by atoms with Crippen LogP contribution in [0.5, 0.6) is 17.2 Å². The summed E-state index contributed by atoms with van der Waals surface area (Å²) in [4.78, 5) is 0. The number of ether oxygens (including phenoxy) is 3. The Morgan fingerprint density at radius 3 is 1.59 bits per heavy atom. The van der Waals surface area contributed by atoms with Crippen molar-refractivity contribution < 1.29 is 29.5 Å². The van der Waals surface area contributed by atoms with Crippen molar-refractivity contribution in [3.63, 3.8) is 0 Å². The second-order valence-electron chi connectivity index (χ2n) is 12.1. The van der Waals surface area contributed by atoms with Crippen molar-refractivity contribution >= 4 is 0 Å². The van der Waals surface area contributed by atoms with Gasteiger partial charge in [-0.15, -0.1) is 0 Å². The molecule has 216 valence electrons. The van der Waals surface area contributed by atoms with Gasteiger partial charge in [0.25, 0.3) is 0 Å². The quantitative estimate of drug-likeness (QED) is 0.320. The lowest BCUT2D eigenvalue weighted by atomic mass is 9.58. The average molecular weight is 541 g/mol. The molecule has 2 aromatic carbocycles. The van der Waals surface area contributed by atoms with E-state index in [0.717, 1.165) is 48.1 Å². The Labute approximate surface area is 234 Å². The van der Waals surface area contributed by atoms with Gasteiger partial charge >= 0.3 is 0 Å². The lowest BCUT2D eigenvalue weighted by Gasteiger charge is -2.47. The van der Waals surface area contributed by atoms with Gasteiger partial charge in [-0.05, 0) is 103 Å². The Kier molecular flexibility index (Phi) is 9.84. The summed E-state index contributed by atoms with van der Waals surface area (Å²) < 4.78 is 16.8. The molecule has 2 aromatic rings. The SMILES string of the molecule is COc1ccc(C2CCC(C(C)(C)C3CCC(c4ccc(CO)c(CO)c4OC)CC3)CC2)c(CO)c1OC. The Morgan fingerprint density at radius 1 is 0.615 bits per heavy atom.